The lowest BCUT2D eigenvalue weighted by atomic mass is 10.0. The molecule has 0 aliphatic rings. The Bertz CT molecular complexity index is 1840. The van der Waals surface area contributed by atoms with Crippen LogP contribution < -0.4 is 0 Å². The molecule has 0 bridgehead atoms. The molecule has 0 aliphatic carbocycles. The van der Waals surface area contributed by atoms with E-state index in [2.05, 4.69) is 39.8 Å². The second-order valence-corrected chi connectivity index (χ2v) is 29.6. The highest BCUT2D eigenvalue weighted by Crippen LogP contribution is 2.45. The molecule has 2 unspecified atom stereocenters. The highest BCUT2D eigenvalue weighted by molar-refractivity contribution is 7.47. The van der Waals surface area contributed by atoms with Crippen LogP contribution in [0.3, 0.4) is 0 Å². The average Bonchev–Trinajstić information content (AvgIpc) is 1.32. The second-order valence-electron chi connectivity index (χ2n) is 26.7. The smallest absolute Gasteiger partial charge is 0.462 e. The van der Waals surface area contributed by atoms with E-state index >= 15 is 0 Å². The number of allylic oxidation sites excluding steroid dienone is 2. The summed E-state index contributed by atoms with van der Waals surface area (Å²) in [5.74, 6) is -2.13. The Morgan fingerprint density at radius 1 is 0.287 bits per heavy atom. The molecule has 0 heterocycles. The zero-order valence-electron chi connectivity index (χ0n) is 60.7. The van der Waals surface area contributed by atoms with Crippen LogP contribution in [0.4, 0.5) is 0 Å². The van der Waals surface area contributed by atoms with Crippen molar-refractivity contribution in [2.24, 2.45) is 0 Å². The first-order chi connectivity index (χ1) is 45.7. The van der Waals surface area contributed by atoms with Crippen molar-refractivity contribution in [1.82, 2.24) is 0 Å². The quantitative estimate of drug-likeness (QED) is 0.0169. The molecule has 0 aromatic rings. The van der Waals surface area contributed by atoms with E-state index in [-0.39, 0.29) is 25.7 Å². The monoisotopic (exact) mass is 1380 g/mol. The summed E-state index contributed by atoms with van der Waals surface area (Å²) in [6.45, 7) is 4.95. The molecule has 17 nitrogen and oxygen atoms in total. The highest BCUT2D eigenvalue weighted by Gasteiger charge is 2.30. The maximum atomic E-state index is 13.1. The van der Waals surface area contributed by atoms with Crippen molar-refractivity contribution in [2.75, 3.05) is 39.6 Å². The molecular formula is C75H144O17P2. The first-order valence-corrected chi connectivity index (χ1v) is 41.9. The first kappa shape index (κ1) is 91.8. The zero-order valence-corrected chi connectivity index (χ0v) is 62.5. The van der Waals surface area contributed by atoms with Gasteiger partial charge in [-0.15, -0.1) is 0 Å². The van der Waals surface area contributed by atoms with Crippen LogP contribution in [0.1, 0.15) is 387 Å². The van der Waals surface area contributed by atoms with Crippen molar-refractivity contribution >= 4 is 39.5 Å². The Kier molecular flexibility index (Phi) is 67.7. The summed E-state index contributed by atoms with van der Waals surface area (Å²) < 4.78 is 68.5. The van der Waals surface area contributed by atoms with Crippen molar-refractivity contribution < 1.29 is 80.2 Å². The SMILES string of the molecule is CCCCCC/C=C\CCCCCCCC(=O)O[C@H](COC(=O)CCCCCCCCCCCCCCC)COP(=O)(O)OC[C@@H](O)COP(=O)(O)OC[C@@H](COC(=O)CCCCCCCCCCCCCCC)OC(=O)CCCCCCCCCCCCCCCCC. The summed E-state index contributed by atoms with van der Waals surface area (Å²) in [6.07, 6.45) is 60.5. The minimum atomic E-state index is -4.96. The van der Waals surface area contributed by atoms with Gasteiger partial charge < -0.3 is 33.8 Å². The minimum Gasteiger partial charge on any atom is -0.462 e. The molecule has 5 atom stereocenters. The third-order valence-electron chi connectivity index (χ3n) is 17.3. The number of hydrogen-bond acceptors (Lipinski definition) is 15. The van der Waals surface area contributed by atoms with Gasteiger partial charge in [0.2, 0.25) is 0 Å². The molecule has 0 spiro atoms. The maximum Gasteiger partial charge on any atom is 0.472 e. The lowest BCUT2D eigenvalue weighted by molar-refractivity contribution is -0.161. The van der Waals surface area contributed by atoms with Crippen LogP contribution in [0.25, 0.3) is 0 Å². The van der Waals surface area contributed by atoms with E-state index < -0.39 is 97.5 Å². The fourth-order valence-corrected chi connectivity index (χ4v) is 12.9. The molecule has 0 saturated heterocycles. The van der Waals surface area contributed by atoms with Gasteiger partial charge in [-0.1, -0.05) is 322 Å². The first-order valence-electron chi connectivity index (χ1n) is 38.9. The van der Waals surface area contributed by atoms with Gasteiger partial charge in [0.25, 0.3) is 0 Å². The van der Waals surface area contributed by atoms with Crippen molar-refractivity contribution in [3.63, 3.8) is 0 Å². The number of phosphoric acid groups is 2. The number of aliphatic hydroxyl groups excluding tert-OH is 1. The fraction of sp³-hybridized carbons (Fsp3) is 0.920. The Morgan fingerprint density at radius 3 is 0.745 bits per heavy atom. The highest BCUT2D eigenvalue weighted by atomic mass is 31.2. The number of rotatable bonds is 75. The third kappa shape index (κ3) is 68.3. The molecule has 0 rings (SSSR count). The van der Waals surface area contributed by atoms with Gasteiger partial charge in [-0.3, -0.25) is 37.3 Å². The minimum absolute atomic E-state index is 0.0946. The van der Waals surface area contributed by atoms with Crippen LogP contribution in [-0.2, 0) is 65.4 Å². The molecule has 0 saturated carbocycles. The van der Waals surface area contributed by atoms with Gasteiger partial charge in [0.05, 0.1) is 26.4 Å². The second kappa shape index (κ2) is 69.3. The van der Waals surface area contributed by atoms with Crippen molar-refractivity contribution in [3.05, 3.63) is 12.2 Å². The van der Waals surface area contributed by atoms with Gasteiger partial charge in [0.1, 0.15) is 19.3 Å². The average molecular weight is 1380 g/mol. The Hall–Kier alpha value is -2.20. The maximum absolute atomic E-state index is 13.1. The number of phosphoric ester groups is 2. The van der Waals surface area contributed by atoms with E-state index in [1.165, 1.54) is 205 Å². The molecule has 0 aromatic heterocycles. The molecule has 19 heteroatoms. The van der Waals surface area contributed by atoms with E-state index in [1.807, 2.05) is 0 Å². The normalized spacial score (nSPS) is 14.0. The van der Waals surface area contributed by atoms with Crippen molar-refractivity contribution in [3.8, 4) is 0 Å². The van der Waals surface area contributed by atoms with Crippen LogP contribution in [0.15, 0.2) is 12.2 Å². The number of unbranched alkanes of at least 4 members (excludes halogenated alkanes) is 47. The number of hydrogen-bond donors (Lipinski definition) is 3. The lowest BCUT2D eigenvalue weighted by Crippen LogP contribution is -2.30. The molecule has 556 valence electrons. The third-order valence-corrected chi connectivity index (χ3v) is 19.2. The summed E-state index contributed by atoms with van der Waals surface area (Å²) in [5, 5.41) is 10.6. The van der Waals surface area contributed by atoms with Gasteiger partial charge in [-0.05, 0) is 51.4 Å². The standard InChI is InChI=1S/C75H144O17P2/c1-5-9-13-17-21-25-29-33-34-38-42-46-50-54-58-62-75(80)92-71(66-86-73(78)60-56-52-48-44-40-36-31-27-23-19-15-11-7-3)68-90-94(83,84)88-64-69(76)63-87-93(81,82)89-67-70(91-74(79)61-57-53-49-45-41-37-32-28-24-20-16-12-8-4)65-85-72(77)59-55-51-47-43-39-35-30-26-22-18-14-10-6-2/h28,32,69-71,76H,5-27,29-31,33-68H2,1-4H3,(H,81,82)(H,83,84)/b32-28-/t69-,70-,71-/m1/s1. The molecule has 0 radical (unpaired) electrons. The van der Waals surface area contributed by atoms with E-state index in [1.54, 1.807) is 0 Å². The predicted molar refractivity (Wildman–Crippen MR) is 382 cm³/mol. The topological polar surface area (TPSA) is 237 Å². The number of aliphatic hydroxyl groups is 1. The summed E-state index contributed by atoms with van der Waals surface area (Å²) >= 11 is 0. The largest absolute Gasteiger partial charge is 0.472 e. The summed E-state index contributed by atoms with van der Waals surface area (Å²) in [7, 11) is -9.91. The van der Waals surface area contributed by atoms with Crippen molar-refractivity contribution in [2.45, 2.75) is 406 Å². The Morgan fingerprint density at radius 2 is 0.489 bits per heavy atom. The van der Waals surface area contributed by atoms with Gasteiger partial charge >= 0.3 is 39.5 Å². The lowest BCUT2D eigenvalue weighted by Gasteiger charge is -2.21. The van der Waals surface area contributed by atoms with E-state index in [0.717, 1.165) is 103 Å². The summed E-state index contributed by atoms with van der Waals surface area (Å²) in [6, 6.07) is 0. The molecule has 0 fully saturated rings. The summed E-state index contributed by atoms with van der Waals surface area (Å²) in [5.41, 5.74) is 0. The van der Waals surface area contributed by atoms with Gasteiger partial charge in [0, 0.05) is 25.7 Å². The van der Waals surface area contributed by atoms with Gasteiger partial charge in [-0.25, -0.2) is 9.13 Å². The number of carbonyl (C=O) groups excluding carboxylic acids is 4. The number of carbonyl (C=O) groups is 4. The molecule has 94 heavy (non-hydrogen) atoms. The summed E-state index contributed by atoms with van der Waals surface area (Å²) in [4.78, 5) is 72.8. The molecule has 3 N–H and O–H groups in total. The Labute approximate surface area is 574 Å². The van der Waals surface area contributed by atoms with Crippen LogP contribution in [0, 0.1) is 0 Å². The van der Waals surface area contributed by atoms with E-state index in [9.17, 15) is 43.2 Å². The zero-order chi connectivity index (χ0) is 69.0. The van der Waals surface area contributed by atoms with E-state index in [4.69, 9.17) is 37.0 Å². The fourth-order valence-electron chi connectivity index (χ4n) is 11.3. The molecule has 0 aliphatic heterocycles. The van der Waals surface area contributed by atoms with Crippen molar-refractivity contribution in [1.29, 1.82) is 0 Å². The van der Waals surface area contributed by atoms with Crippen LogP contribution in [-0.4, -0.2) is 96.7 Å². The molecular weight excluding hydrogens is 1230 g/mol. The van der Waals surface area contributed by atoms with Crippen LogP contribution in [0.5, 0.6) is 0 Å². The van der Waals surface area contributed by atoms with Gasteiger partial charge in [-0.2, -0.15) is 0 Å². The van der Waals surface area contributed by atoms with E-state index in [0.29, 0.717) is 25.7 Å². The predicted octanol–water partition coefficient (Wildman–Crippen LogP) is 22.0. The Balaban J connectivity index is 5.27. The van der Waals surface area contributed by atoms with Crippen LogP contribution >= 0.6 is 15.6 Å². The molecule has 0 aromatic carbocycles. The van der Waals surface area contributed by atoms with Crippen LogP contribution in [0.2, 0.25) is 0 Å². The van der Waals surface area contributed by atoms with Gasteiger partial charge in [0.15, 0.2) is 12.2 Å². The molecule has 0 amide bonds. The number of ether oxygens (including phenoxy) is 4. The number of esters is 4.